The largest absolute Gasteiger partial charge is 0.452 e. The van der Waals surface area contributed by atoms with E-state index in [-0.39, 0.29) is 5.69 Å². The second kappa shape index (κ2) is 4.82. The highest BCUT2D eigenvalue weighted by Gasteiger charge is 2.22. The summed E-state index contributed by atoms with van der Waals surface area (Å²) in [6, 6.07) is 1.95. The molecule has 7 nitrogen and oxygen atoms in total. The third kappa shape index (κ3) is 2.20. The second-order valence-corrected chi connectivity index (χ2v) is 3.79. The van der Waals surface area contributed by atoms with Gasteiger partial charge in [0.2, 0.25) is 5.69 Å². The minimum absolute atomic E-state index is 0.164. The Morgan fingerprint density at radius 1 is 1.35 bits per heavy atom. The Balaban J connectivity index is 2.29. The third-order valence-corrected chi connectivity index (χ3v) is 2.70. The van der Waals surface area contributed by atoms with Crippen molar-refractivity contribution in [2.45, 2.75) is 19.3 Å². The first kappa shape index (κ1) is 11.4. The third-order valence-electron chi connectivity index (χ3n) is 2.70. The van der Waals surface area contributed by atoms with Gasteiger partial charge in [0.1, 0.15) is 6.07 Å². The molecule has 0 amide bonds. The maximum Gasteiger partial charge on any atom is 0.452 e. The van der Waals surface area contributed by atoms with Crippen LogP contribution < -0.4 is 4.90 Å². The van der Waals surface area contributed by atoms with Crippen LogP contribution in [0.2, 0.25) is 0 Å². The number of carbonyl (C=O) groups is 1. The maximum atomic E-state index is 11.3. The van der Waals surface area contributed by atoms with Gasteiger partial charge in [-0.15, -0.1) is 10.2 Å². The van der Waals surface area contributed by atoms with Crippen molar-refractivity contribution in [3.63, 3.8) is 0 Å². The second-order valence-electron chi connectivity index (χ2n) is 3.79. The molecule has 0 N–H and O–H groups in total. The van der Waals surface area contributed by atoms with Crippen LogP contribution in [0.3, 0.4) is 0 Å². The van der Waals surface area contributed by atoms with Gasteiger partial charge in [-0.3, -0.25) is 0 Å². The van der Waals surface area contributed by atoms with Crippen LogP contribution in [0.5, 0.6) is 0 Å². The molecular formula is C10H13N5O2. The van der Waals surface area contributed by atoms with Crippen LogP contribution in [0.25, 0.3) is 0 Å². The number of anilines is 1. The van der Waals surface area contributed by atoms with E-state index < -0.39 is 6.09 Å². The number of nitriles is 1. The highest BCUT2D eigenvalue weighted by Crippen LogP contribution is 2.20. The zero-order chi connectivity index (χ0) is 12.3. The minimum atomic E-state index is -0.690. The van der Waals surface area contributed by atoms with Gasteiger partial charge in [-0.05, 0) is 19.3 Å². The minimum Gasteiger partial charge on any atom is -0.450 e. The van der Waals surface area contributed by atoms with E-state index in [0.29, 0.717) is 5.82 Å². The zero-order valence-electron chi connectivity index (χ0n) is 9.59. The predicted molar refractivity (Wildman–Crippen MR) is 58.6 cm³/mol. The highest BCUT2D eigenvalue weighted by molar-refractivity contribution is 5.69. The van der Waals surface area contributed by atoms with Crippen LogP contribution in [0.4, 0.5) is 10.6 Å². The summed E-state index contributed by atoms with van der Waals surface area (Å²) in [4.78, 5) is 14.1. The van der Waals surface area contributed by atoms with Gasteiger partial charge < -0.3 is 9.64 Å². The van der Waals surface area contributed by atoms with Crippen molar-refractivity contribution in [1.82, 2.24) is 15.0 Å². The van der Waals surface area contributed by atoms with Gasteiger partial charge in [0, 0.05) is 13.1 Å². The van der Waals surface area contributed by atoms with Gasteiger partial charge in [0.15, 0.2) is 5.82 Å². The van der Waals surface area contributed by atoms with E-state index in [1.54, 1.807) is 0 Å². The normalized spacial score (nSPS) is 15.4. The standard InChI is InChI=1S/C10H13N5O2/c1-17-10(16)15-12-8(7-11)9(13-15)14-5-3-2-4-6-14/h2-6H2,1H3. The summed E-state index contributed by atoms with van der Waals surface area (Å²) in [5, 5.41) is 16.8. The Labute approximate surface area is 98.6 Å². The average Bonchev–Trinajstić information content (AvgIpc) is 2.83. The van der Waals surface area contributed by atoms with Gasteiger partial charge in [-0.1, -0.05) is 4.80 Å². The SMILES string of the molecule is COC(=O)n1nc(C#N)c(N2CCCCC2)n1. The van der Waals surface area contributed by atoms with Crippen molar-refractivity contribution in [2.24, 2.45) is 0 Å². The molecule has 7 heteroatoms. The molecule has 1 aromatic rings. The molecule has 90 valence electrons. The van der Waals surface area contributed by atoms with Gasteiger partial charge in [0.05, 0.1) is 7.11 Å². The van der Waals surface area contributed by atoms with Gasteiger partial charge in [0.25, 0.3) is 0 Å². The fraction of sp³-hybridized carbons (Fsp3) is 0.600. The molecule has 0 aromatic carbocycles. The molecule has 0 unspecified atom stereocenters. The monoisotopic (exact) mass is 235 g/mol. The lowest BCUT2D eigenvalue weighted by Crippen LogP contribution is -2.30. The van der Waals surface area contributed by atoms with Crippen LogP contribution in [0.15, 0.2) is 0 Å². The molecule has 0 spiro atoms. The molecule has 0 bridgehead atoms. The molecule has 1 saturated heterocycles. The van der Waals surface area contributed by atoms with Gasteiger partial charge >= 0.3 is 6.09 Å². The number of nitrogens with zero attached hydrogens (tertiary/aromatic N) is 5. The van der Waals surface area contributed by atoms with Crippen molar-refractivity contribution < 1.29 is 9.53 Å². The van der Waals surface area contributed by atoms with E-state index in [4.69, 9.17) is 5.26 Å². The first-order valence-electron chi connectivity index (χ1n) is 5.47. The summed E-state index contributed by atoms with van der Waals surface area (Å²) in [6.45, 7) is 1.68. The summed E-state index contributed by atoms with van der Waals surface area (Å²) >= 11 is 0. The van der Waals surface area contributed by atoms with E-state index >= 15 is 0 Å². The fourth-order valence-electron chi connectivity index (χ4n) is 1.85. The van der Waals surface area contributed by atoms with Crippen LogP contribution >= 0.6 is 0 Å². The average molecular weight is 235 g/mol. The molecule has 2 rings (SSSR count). The quantitative estimate of drug-likeness (QED) is 0.714. The number of rotatable bonds is 1. The smallest absolute Gasteiger partial charge is 0.450 e. The Kier molecular flexibility index (Phi) is 3.23. The van der Waals surface area contributed by atoms with E-state index in [1.807, 2.05) is 11.0 Å². The fourth-order valence-corrected chi connectivity index (χ4v) is 1.85. The Hall–Kier alpha value is -2.10. The van der Waals surface area contributed by atoms with Crippen LogP contribution in [0, 0.1) is 11.3 Å². The molecule has 0 atom stereocenters. The van der Waals surface area contributed by atoms with Crippen molar-refractivity contribution in [3.8, 4) is 6.07 Å². The zero-order valence-corrected chi connectivity index (χ0v) is 9.59. The van der Waals surface area contributed by atoms with Crippen LogP contribution in [0.1, 0.15) is 25.0 Å². The molecule has 0 saturated carbocycles. The van der Waals surface area contributed by atoms with Crippen molar-refractivity contribution in [1.29, 1.82) is 5.26 Å². The molecule has 1 aliphatic heterocycles. The Morgan fingerprint density at radius 3 is 2.65 bits per heavy atom. The molecule has 1 fully saturated rings. The number of methoxy groups -OCH3 is 1. The molecule has 17 heavy (non-hydrogen) atoms. The van der Waals surface area contributed by atoms with Gasteiger partial charge in [-0.25, -0.2) is 4.79 Å². The van der Waals surface area contributed by atoms with Gasteiger partial charge in [-0.2, -0.15) is 5.26 Å². The van der Waals surface area contributed by atoms with Crippen LogP contribution in [-0.4, -0.2) is 41.3 Å². The lowest BCUT2D eigenvalue weighted by atomic mass is 10.1. The molecule has 0 aliphatic carbocycles. The van der Waals surface area contributed by atoms with Crippen LogP contribution in [-0.2, 0) is 4.74 Å². The lowest BCUT2D eigenvalue weighted by Gasteiger charge is -2.26. The number of hydrogen-bond donors (Lipinski definition) is 0. The Morgan fingerprint density at radius 2 is 2.06 bits per heavy atom. The molecule has 1 aliphatic rings. The summed E-state index contributed by atoms with van der Waals surface area (Å²) in [5.74, 6) is 0.470. The predicted octanol–water partition coefficient (Wildman–Crippen LogP) is 0.755. The number of piperidine rings is 1. The lowest BCUT2D eigenvalue weighted by molar-refractivity contribution is 0.165. The van der Waals surface area contributed by atoms with Crippen molar-refractivity contribution in [3.05, 3.63) is 5.69 Å². The Bertz CT molecular complexity index is 456. The van der Waals surface area contributed by atoms with Crippen molar-refractivity contribution >= 4 is 11.9 Å². The summed E-state index contributed by atoms with van der Waals surface area (Å²) in [6.07, 6.45) is 2.62. The number of aromatic nitrogens is 3. The summed E-state index contributed by atoms with van der Waals surface area (Å²) < 4.78 is 4.51. The molecule has 0 radical (unpaired) electrons. The topological polar surface area (TPSA) is 84.0 Å². The highest BCUT2D eigenvalue weighted by atomic mass is 16.5. The maximum absolute atomic E-state index is 11.3. The number of hydrogen-bond acceptors (Lipinski definition) is 6. The van der Waals surface area contributed by atoms with E-state index in [0.717, 1.165) is 30.7 Å². The van der Waals surface area contributed by atoms with E-state index in [2.05, 4.69) is 14.9 Å². The van der Waals surface area contributed by atoms with E-state index in [9.17, 15) is 4.79 Å². The first-order valence-corrected chi connectivity index (χ1v) is 5.47. The number of ether oxygens (including phenoxy) is 1. The first-order chi connectivity index (χ1) is 8.26. The molecule has 2 heterocycles. The number of carbonyl (C=O) groups excluding carboxylic acids is 1. The molecular weight excluding hydrogens is 222 g/mol. The summed E-state index contributed by atoms with van der Waals surface area (Å²) in [7, 11) is 1.25. The van der Waals surface area contributed by atoms with E-state index in [1.165, 1.54) is 13.5 Å². The summed E-state index contributed by atoms with van der Waals surface area (Å²) in [5.41, 5.74) is 0.164. The van der Waals surface area contributed by atoms with Crippen molar-refractivity contribution in [2.75, 3.05) is 25.1 Å². The molecule has 1 aromatic heterocycles.